The van der Waals surface area contributed by atoms with Gasteiger partial charge in [0.1, 0.15) is 0 Å². The van der Waals surface area contributed by atoms with Gasteiger partial charge in [-0.1, -0.05) is 20.8 Å². The molecule has 1 aromatic heterocycles. The van der Waals surface area contributed by atoms with Gasteiger partial charge in [-0.15, -0.1) is 11.3 Å². The van der Waals surface area contributed by atoms with E-state index in [0.717, 1.165) is 47.9 Å². The monoisotopic (exact) mass is 382 g/mol. The van der Waals surface area contributed by atoms with Crippen LogP contribution in [0, 0.1) is 0 Å². The summed E-state index contributed by atoms with van der Waals surface area (Å²) in [5.74, 6) is 0. The molecule has 0 saturated carbocycles. The largest absolute Gasteiger partial charge is 0.314 e. The van der Waals surface area contributed by atoms with Crippen molar-refractivity contribution in [2.24, 2.45) is 0 Å². The van der Waals surface area contributed by atoms with Gasteiger partial charge in [-0.05, 0) is 18.2 Å². The molecule has 2 heterocycles. The highest BCUT2D eigenvalue weighted by atomic mass is 32.2. The molecule has 2 N–H and O–H groups in total. The highest BCUT2D eigenvalue weighted by molar-refractivity contribution is 7.89. The van der Waals surface area contributed by atoms with Crippen molar-refractivity contribution in [2.75, 3.05) is 39.3 Å². The van der Waals surface area contributed by atoms with E-state index >= 15 is 0 Å². The first-order valence-corrected chi connectivity index (χ1v) is 10.9. The van der Waals surface area contributed by atoms with Crippen LogP contribution in [-0.4, -0.2) is 57.6 Å². The van der Waals surface area contributed by atoms with E-state index in [2.05, 4.69) is 40.7 Å². The van der Waals surface area contributed by atoms with E-state index in [1.165, 1.54) is 0 Å². The molecule has 0 aliphatic carbocycles. The Morgan fingerprint density at radius 2 is 2.00 bits per heavy atom. The Morgan fingerprint density at radius 3 is 2.68 bits per heavy atom. The average molecular weight is 383 g/mol. The third kappa shape index (κ3) is 4.57. The lowest BCUT2D eigenvalue weighted by Crippen LogP contribution is -2.46. The van der Waals surface area contributed by atoms with Crippen molar-refractivity contribution in [3.8, 4) is 0 Å². The minimum Gasteiger partial charge on any atom is -0.314 e. The lowest BCUT2D eigenvalue weighted by atomic mass is 9.98. The van der Waals surface area contributed by atoms with Crippen LogP contribution in [0.15, 0.2) is 23.1 Å². The van der Waals surface area contributed by atoms with Gasteiger partial charge in [0.25, 0.3) is 0 Å². The number of sulfonamides is 1. The summed E-state index contributed by atoms with van der Waals surface area (Å²) in [5, 5.41) is 4.31. The van der Waals surface area contributed by atoms with Crippen LogP contribution < -0.4 is 10.0 Å². The smallest absolute Gasteiger partial charge is 0.240 e. The molecular weight excluding hydrogens is 356 g/mol. The Balaban J connectivity index is 1.70. The van der Waals surface area contributed by atoms with Crippen molar-refractivity contribution in [3.63, 3.8) is 0 Å². The van der Waals surface area contributed by atoms with Gasteiger partial charge in [0.05, 0.1) is 20.1 Å². The molecular formula is C17H26N4O2S2. The van der Waals surface area contributed by atoms with Crippen LogP contribution in [0.4, 0.5) is 0 Å². The van der Waals surface area contributed by atoms with Gasteiger partial charge in [-0.3, -0.25) is 4.90 Å². The zero-order chi connectivity index (χ0) is 18.1. The van der Waals surface area contributed by atoms with E-state index in [9.17, 15) is 8.42 Å². The standard InChI is InChI=1S/C17H26N4O2S2/c1-17(2,3)16-20-14-5-4-13(12-15(14)24-16)25(22,23)19-8-11-21-9-6-18-7-10-21/h4-5,12,18-19H,6-11H2,1-3H3. The number of benzene rings is 1. The Bertz CT molecular complexity index is 834. The van der Waals surface area contributed by atoms with Crippen LogP contribution in [0.5, 0.6) is 0 Å². The second kappa shape index (κ2) is 7.28. The second-order valence-corrected chi connectivity index (χ2v) is 10.2. The van der Waals surface area contributed by atoms with Crippen LogP contribution in [0.25, 0.3) is 10.2 Å². The number of fused-ring (bicyclic) bond motifs is 1. The van der Waals surface area contributed by atoms with Crippen molar-refractivity contribution in [2.45, 2.75) is 31.1 Å². The highest BCUT2D eigenvalue weighted by Crippen LogP contribution is 2.32. The maximum atomic E-state index is 12.6. The number of piperazine rings is 1. The summed E-state index contributed by atoms with van der Waals surface area (Å²) in [6.45, 7) is 11.3. The maximum Gasteiger partial charge on any atom is 0.240 e. The Labute approximate surface area is 153 Å². The first-order chi connectivity index (χ1) is 11.8. The quantitative estimate of drug-likeness (QED) is 0.825. The lowest BCUT2D eigenvalue weighted by molar-refractivity contribution is 0.245. The molecule has 1 aliphatic heterocycles. The molecule has 0 radical (unpaired) electrons. The summed E-state index contributed by atoms with van der Waals surface area (Å²) < 4.78 is 28.8. The molecule has 2 aromatic rings. The lowest BCUT2D eigenvalue weighted by Gasteiger charge is -2.27. The number of rotatable bonds is 5. The van der Waals surface area contributed by atoms with Crippen molar-refractivity contribution < 1.29 is 8.42 Å². The molecule has 0 atom stereocenters. The first kappa shape index (κ1) is 18.7. The van der Waals surface area contributed by atoms with Crippen LogP contribution in [0.2, 0.25) is 0 Å². The maximum absolute atomic E-state index is 12.6. The molecule has 138 valence electrons. The summed E-state index contributed by atoms with van der Waals surface area (Å²) >= 11 is 1.56. The minimum absolute atomic E-state index is 0.0374. The summed E-state index contributed by atoms with van der Waals surface area (Å²) in [4.78, 5) is 7.20. The molecule has 1 aliphatic rings. The van der Waals surface area contributed by atoms with Crippen molar-refractivity contribution in [1.82, 2.24) is 19.9 Å². The topological polar surface area (TPSA) is 74.3 Å². The molecule has 25 heavy (non-hydrogen) atoms. The fourth-order valence-electron chi connectivity index (χ4n) is 2.75. The van der Waals surface area contributed by atoms with E-state index in [1.807, 2.05) is 0 Å². The summed E-state index contributed by atoms with van der Waals surface area (Å²) in [6.07, 6.45) is 0. The molecule has 6 nitrogen and oxygen atoms in total. The second-order valence-electron chi connectivity index (χ2n) is 7.39. The molecule has 0 bridgehead atoms. The predicted octanol–water partition coefficient (Wildman–Crippen LogP) is 1.78. The summed E-state index contributed by atoms with van der Waals surface area (Å²) in [6, 6.07) is 5.17. The number of hydrogen-bond acceptors (Lipinski definition) is 6. The third-order valence-electron chi connectivity index (χ3n) is 4.24. The van der Waals surface area contributed by atoms with Gasteiger partial charge in [0, 0.05) is 44.7 Å². The fourth-order valence-corrected chi connectivity index (χ4v) is 4.93. The SMILES string of the molecule is CC(C)(C)c1nc2ccc(S(=O)(=O)NCCN3CCNCC3)cc2s1. The molecule has 0 spiro atoms. The van der Waals surface area contributed by atoms with Gasteiger partial charge in [-0.25, -0.2) is 18.1 Å². The number of aromatic nitrogens is 1. The Morgan fingerprint density at radius 1 is 1.28 bits per heavy atom. The molecule has 3 rings (SSSR count). The van der Waals surface area contributed by atoms with Crippen LogP contribution in [0.1, 0.15) is 25.8 Å². The van der Waals surface area contributed by atoms with E-state index < -0.39 is 10.0 Å². The van der Waals surface area contributed by atoms with E-state index in [-0.39, 0.29) is 5.41 Å². The number of nitrogens with one attached hydrogen (secondary N) is 2. The number of nitrogens with zero attached hydrogens (tertiary/aromatic N) is 2. The van der Waals surface area contributed by atoms with Gasteiger partial charge in [0.2, 0.25) is 10.0 Å². The fraction of sp³-hybridized carbons (Fsp3) is 0.588. The normalized spacial score (nSPS) is 17.2. The Hall–Kier alpha value is -1.06. The zero-order valence-corrected chi connectivity index (χ0v) is 16.6. The third-order valence-corrected chi connectivity index (χ3v) is 7.14. The predicted molar refractivity (Wildman–Crippen MR) is 103 cm³/mol. The average Bonchev–Trinajstić information content (AvgIpc) is 2.99. The van der Waals surface area contributed by atoms with Gasteiger partial charge in [-0.2, -0.15) is 0 Å². The van der Waals surface area contributed by atoms with Crippen LogP contribution in [0.3, 0.4) is 0 Å². The Kier molecular flexibility index (Phi) is 5.45. The highest BCUT2D eigenvalue weighted by Gasteiger charge is 2.21. The van der Waals surface area contributed by atoms with E-state index in [4.69, 9.17) is 0 Å². The van der Waals surface area contributed by atoms with Crippen molar-refractivity contribution in [3.05, 3.63) is 23.2 Å². The van der Waals surface area contributed by atoms with Crippen LogP contribution in [-0.2, 0) is 15.4 Å². The van der Waals surface area contributed by atoms with Crippen molar-refractivity contribution >= 4 is 31.6 Å². The number of hydrogen-bond donors (Lipinski definition) is 2. The zero-order valence-electron chi connectivity index (χ0n) is 15.0. The number of thiazole rings is 1. The van der Waals surface area contributed by atoms with Gasteiger partial charge < -0.3 is 5.32 Å². The molecule has 1 saturated heterocycles. The minimum atomic E-state index is -3.49. The van der Waals surface area contributed by atoms with Gasteiger partial charge in [0.15, 0.2) is 0 Å². The van der Waals surface area contributed by atoms with Crippen LogP contribution >= 0.6 is 11.3 Å². The molecule has 8 heteroatoms. The van der Waals surface area contributed by atoms with E-state index in [0.29, 0.717) is 11.4 Å². The van der Waals surface area contributed by atoms with Crippen molar-refractivity contribution in [1.29, 1.82) is 0 Å². The summed E-state index contributed by atoms with van der Waals surface area (Å²) in [5.41, 5.74) is 0.819. The molecule has 0 unspecified atom stereocenters. The van der Waals surface area contributed by atoms with Gasteiger partial charge >= 0.3 is 0 Å². The molecule has 1 aromatic carbocycles. The molecule has 1 fully saturated rings. The first-order valence-electron chi connectivity index (χ1n) is 8.59. The summed E-state index contributed by atoms with van der Waals surface area (Å²) in [7, 11) is -3.49. The molecule has 0 amide bonds. The van der Waals surface area contributed by atoms with E-state index in [1.54, 1.807) is 29.5 Å².